The van der Waals surface area contributed by atoms with Crippen molar-refractivity contribution < 1.29 is 25.5 Å². The van der Waals surface area contributed by atoms with Gasteiger partial charge < -0.3 is 4.74 Å². The van der Waals surface area contributed by atoms with Gasteiger partial charge in [0.05, 0.1) is 0 Å². The van der Waals surface area contributed by atoms with E-state index in [1.165, 1.54) is 41.3 Å². The molecule has 1 aliphatic rings. The Morgan fingerprint density at radius 3 is 2.87 bits per heavy atom. The van der Waals surface area contributed by atoms with Crippen molar-refractivity contribution in [1.82, 2.24) is 0 Å². The van der Waals surface area contributed by atoms with E-state index in [0.29, 0.717) is 6.61 Å². The van der Waals surface area contributed by atoms with E-state index < -0.39 is 0 Å². The van der Waals surface area contributed by atoms with Gasteiger partial charge in [0.15, 0.2) is 0 Å². The van der Waals surface area contributed by atoms with Crippen LogP contribution in [-0.2, 0) is 27.7 Å². The Hall–Kier alpha value is 0.213. The van der Waals surface area contributed by atoms with E-state index in [0.717, 1.165) is 18.1 Å². The minimum absolute atomic E-state index is 0.219. The van der Waals surface area contributed by atoms with E-state index >= 15 is 0 Å². The molecular formula is C11H12BrFOZn. The van der Waals surface area contributed by atoms with Crippen molar-refractivity contribution in [3.63, 3.8) is 0 Å². The van der Waals surface area contributed by atoms with Gasteiger partial charge in [-0.15, -0.1) is 17.7 Å². The predicted octanol–water partition coefficient (Wildman–Crippen LogP) is 3.40. The van der Waals surface area contributed by atoms with Gasteiger partial charge in [0.25, 0.3) is 0 Å². The van der Waals surface area contributed by atoms with Gasteiger partial charge in [-0.05, 0) is 18.8 Å². The van der Waals surface area contributed by atoms with Crippen molar-refractivity contribution in [2.75, 3.05) is 6.61 Å². The van der Waals surface area contributed by atoms with Gasteiger partial charge in [0.2, 0.25) is 0 Å². The maximum absolute atomic E-state index is 12.7. The fourth-order valence-electron chi connectivity index (χ4n) is 1.19. The molecule has 1 fully saturated rings. The molecule has 0 aromatic heterocycles. The number of benzene rings is 1. The Kier molecular flexibility index (Phi) is 6.62. The van der Waals surface area contributed by atoms with Crippen LogP contribution in [0.4, 0.5) is 4.39 Å². The van der Waals surface area contributed by atoms with E-state index in [2.05, 4.69) is 19.7 Å². The SMILES string of the molecule is Fc1cc[c-]c(COCC2CC2)c1.[Zn+][Br]. The molecule has 0 N–H and O–H groups in total. The van der Waals surface area contributed by atoms with Crippen molar-refractivity contribution in [1.29, 1.82) is 0 Å². The molecule has 0 aliphatic heterocycles. The third-order valence-corrected chi connectivity index (χ3v) is 2.13. The van der Waals surface area contributed by atoms with Gasteiger partial charge in [-0.3, -0.25) is 0 Å². The molecule has 2 rings (SSSR count). The summed E-state index contributed by atoms with van der Waals surface area (Å²) in [5.74, 6) is 0.539. The van der Waals surface area contributed by atoms with Crippen molar-refractivity contribution in [2.24, 2.45) is 5.92 Å². The van der Waals surface area contributed by atoms with Crippen LogP contribution in [0.25, 0.3) is 0 Å². The Bertz CT molecular complexity index is 292. The monoisotopic (exact) mass is 322 g/mol. The second kappa shape index (κ2) is 7.48. The van der Waals surface area contributed by atoms with Crippen LogP contribution in [-0.4, -0.2) is 6.61 Å². The Morgan fingerprint density at radius 2 is 2.27 bits per heavy atom. The van der Waals surface area contributed by atoms with Gasteiger partial charge in [-0.2, -0.15) is 12.1 Å². The van der Waals surface area contributed by atoms with Crippen LogP contribution >= 0.6 is 13.6 Å². The fourth-order valence-corrected chi connectivity index (χ4v) is 1.19. The predicted molar refractivity (Wildman–Crippen MR) is 56.5 cm³/mol. The molecule has 0 spiro atoms. The summed E-state index contributed by atoms with van der Waals surface area (Å²) < 4.78 is 18.1. The Labute approximate surface area is 106 Å². The average Bonchev–Trinajstić information content (AvgIpc) is 3.05. The third-order valence-electron chi connectivity index (χ3n) is 2.13. The topological polar surface area (TPSA) is 9.23 Å². The normalized spacial score (nSPS) is 14.4. The summed E-state index contributed by atoms with van der Waals surface area (Å²) in [6.45, 7) is 1.29. The van der Waals surface area contributed by atoms with Crippen LogP contribution < -0.4 is 0 Å². The second-order valence-corrected chi connectivity index (χ2v) is 3.49. The zero-order valence-corrected chi connectivity index (χ0v) is 13.1. The average molecular weight is 325 g/mol. The fraction of sp³-hybridized carbons (Fsp3) is 0.455. The van der Waals surface area contributed by atoms with E-state index in [4.69, 9.17) is 4.74 Å². The van der Waals surface area contributed by atoms with Crippen LogP contribution in [0, 0.1) is 17.8 Å². The van der Waals surface area contributed by atoms with E-state index in [1.807, 2.05) is 0 Å². The molecule has 0 bridgehead atoms. The number of halogens is 2. The van der Waals surface area contributed by atoms with Gasteiger partial charge >= 0.3 is 30.0 Å². The molecule has 1 aromatic carbocycles. The first-order valence-corrected chi connectivity index (χ1v) is 11.8. The first-order chi connectivity index (χ1) is 7.34. The molecule has 0 atom stereocenters. The number of hydrogen-bond acceptors (Lipinski definition) is 1. The minimum atomic E-state index is -0.219. The van der Waals surface area contributed by atoms with Crippen molar-refractivity contribution in [2.45, 2.75) is 19.4 Å². The summed E-state index contributed by atoms with van der Waals surface area (Å²) in [5.41, 5.74) is 0.792. The van der Waals surface area contributed by atoms with E-state index in [1.54, 1.807) is 6.07 Å². The molecule has 0 saturated heterocycles. The van der Waals surface area contributed by atoms with Crippen LogP contribution in [0.15, 0.2) is 18.2 Å². The summed E-state index contributed by atoms with van der Waals surface area (Å²) in [4.78, 5) is 0. The van der Waals surface area contributed by atoms with E-state index in [9.17, 15) is 4.39 Å². The zero-order chi connectivity index (χ0) is 11.1. The van der Waals surface area contributed by atoms with E-state index in [-0.39, 0.29) is 5.82 Å². The molecule has 0 heterocycles. The van der Waals surface area contributed by atoms with Gasteiger partial charge in [-0.1, -0.05) is 0 Å². The second-order valence-electron chi connectivity index (χ2n) is 3.49. The van der Waals surface area contributed by atoms with Crippen molar-refractivity contribution in [3.8, 4) is 0 Å². The summed E-state index contributed by atoms with van der Waals surface area (Å²) in [6, 6.07) is 7.39. The van der Waals surface area contributed by atoms with Crippen LogP contribution in [0.5, 0.6) is 0 Å². The number of ether oxygens (including phenoxy) is 1. The Balaban J connectivity index is 0.000000531. The molecule has 1 nitrogen and oxygen atoms in total. The van der Waals surface area contributed by atoms with Crippen molar-refractivity contribution >= 4 is 13.6 Å². The molecular weight excluding hydrogens is 312 g/mol. The number of hydrogen-bond donors (Lipinski definition) is 0. The van der Waals surface area contributed by atoms with Crippen LogP contribution in [0.2, 0.25) is 0 Å². The Morgan fingerprint density at radius 1 is 1.53 bits per heavy atom. The molecule has 1 saturated carbocycles. The standard InChI is InChI=1S/C11H12FO.BrH.Zn/c12-11-3-1-2-10(6-11)8-13-7-9-4-5-9;;/h1,3,6,9H,4-5,7-8H2;1H;/q-1;;+2/p-1. The summed E-state index contributed by atoms with van der Waals surface area (Å²) in [6.07, 6.45) is 2.57. The van der Waals surface area contributed by atoms with Crippen LogP contribution in [0.3, 0.4) is 0 Å². The quantitative estimate of drug-likeness (QED) is 0.609. The first-order valence-electron chi connectivity index (χ1n) is 4.85. The first kappa shape index (κ1) is 13.3. The van der Waals surface area contributed by atoms with Gasteiger partial charge in [0, 0.05) is 19.0 Å². The molecule has 1 aromatic rings. The molecule has 0 radical (unpaired) electrons. The van der Waals surface area contributed by atoms with Gasteiger partial charge in [-0.25, -0.2) is 4.39 Å². The van der Waals surface area contributed by atoms with Gasteiger partial charge in [0.1, 0.15) is 0 Å². The summed E-state index contributed by atoms with van der Waals surface area (Å²) in [5, 5.41) is 0. The zero-order valence-electron chi connectivity index (χ0n) is 8.51. The third kappa shape index (κ3) is 5.74. The summed E-state index contributed by atoms with van der Waals surface area (Å²) in [7, 11) is 0. The molecule has 0 unspecified atom stereocenters. The van der Waals surface area contributed by atoms with Crippen molar-refractivity contribution in [3.05, 3.63) is 35.6 Å². The molecule has 1 aliphatic carbocycles. The molecule has 15 heavy (non-hydrogen) atoms. The number of rotatable bonds is 4. The molecule has 78 valence electrons. The molecule has 4 heteroatoms. The maximum atomic E-state index is 12.7. The van der Waals surface area contributed by atoms with Crippen LogP contribution in [0.1, 0.15) is 18.4 Å². The molecule has 0 amide bonds. The summed E-state index contributed by atoms with van der Waals surface area (Å²) >= 11 is 4.25.